The molecule has 82 valence electrons. The maximum Gasteiger partial charge on any atom is 0.344 e. The molecule has 0 saturated carbocycles. The number of carbonyl (C=O) groups is 1. The Hall–Kier alpha value is -2.30. The molecule has 1 aromatic carbocycles. The fourth-order valence-electron chi connectivity index (χ4n) is 1.35. The Bertz CT molecular complexity index is 554. The highest BCUT2D eigenvalue weighted by Crippen LogP contribution is 1.99. The zero-order valence-electron chi connectivity index (χ0n) is 8.73. The topological polar surface area (TPSA) is 66.9 Å². The van der Waals surface area contributed by atoms with Crippen LogP contribution < -0.4 is 11.1 Å². The van der Waals surface area contributed by atoms with Gasteiger partial charge in [0.2, 0.25) is 0 Å². The smallest absolute Gasteiger partial charge is 0.311 e. The van der Waals surface area contributed by atoms with Crippen LogP contribution in [0.4, 0.5) is 0 Å². The number of amides is 1. The Balaban J connectivity index is 2.24. The molecule has 2 aromatic rings. The van der Waals surface area contributed by atoms with Crippen LogP contribution in [0.25, 0.3) is 0 Å². The summed E-state index contributed by atoms with van der Waals surface area (Å²) in [7, 11) is 0. The average molecular weight is 217 g/mol. The molecule has 0 saturated heterocycles. The fraction of sp³-hybridized carbons (Fsp3) is 0.0909. The van der Waals surface area contributed by atoms with Gasteiger partial charge < -0.3 is 4.98 Å². The van der Waals surface area contributed by atoms with Gasteiger partial charge >= 0.3 is 5.69 Å². The molecule has 1 amide bonds. The number of aromatic nitrogens is 2. The maximum atomic E-state index is 11.7. The van der Waals surface area contributed by atoms with Crippen LogP contribution in [-0.4, -0.2) is 15.6 Å². The molecule has 2 rings (SSSR count). The number of hydrogen-bond donors (Lipinski definition) is 2. The first-order chi connectivity index (χ1) is 7.68. The van der Waals surface area contributed by atoms with E-state index >= 15 is 0 Å². The molecule has 0 aliphatic rings. The standard InChI is InChI=1S/C11H11N3O2/c1-8-7-12-11(16)14(8)13-10(15)9-5-3-2-4-6-9/h2-7H,1H3,(H,12,16)(H,13,15). The minimum absolute atomic E-state index is 0.314. The summed E-state index contributed by atoms with van der Waals surface area (Å²) in [5, 5.41) is 0. The maximum absolute atomic E-state index is 11.7. The summed E-state index contributed by atoms with van der Waals surface area (Å²) < 4.78 is 1.18. The van der Waals surface area contributed by atoms with Crippen molar-refractivity contribution in [1.29, 1.82) is 0 Å². The van der Waals surface area contributed by atoms with Crippen LogP contribution in [0.15, 0.2) is 41.3 Å². The average Bonchev–Trinajstić information content (AvgIpc) is 2.62. The molecule has 0 bridgehead atoms. The van der Waals surface area contributed by atoms with E-state index in [0.717, 1.165) is 0 Å². The number of aromatic amines is 1. The predicted molar refractivity (Wildman–Crippen MR) is 59.9 cm³/mol. The van der Waals surface area contributed by atoms with Gasteiger partial charge in [0.25, 0.3) is 5.91 Å². The van der Waals surface area contributed by atoms with Crippen molar-refractivity contribution in [2.75, 3.05) is 5.43 Å². The van der Waals surface area contributed by atoms with Gasteiger partial charge in [0, 0.05) is 11.8 Å². The normalized spacial score (nSPS) is 10.1. The Morgan fingerprint density at radius 3 is 2.56 bits per heavy atom. The lowest BCUT2D eigenvalue weighted by atomic mass is 10.2. The highest BCUT2D eigenvalue weighted by Gasteiger charge is 2.08. The minimum atomic E-state index is -0.359. The number of benzene rings is 1. The molecule has 0 aliphatic heterocycles. The van der Waals surface area contributed by atoms with E-state index in [0.29, 0.717) is 11.3 Å². The van der Waals surface area contributed by atoms with E-state index in [2.05, 4.69) is 10.4 Å². The molecule has 1 aromatic heterocycles. The van der Waals surface area contributed by atoms with E-state index in [1.54, 1.807) is 31.2 Å². The predicted octanol–water partition coefficient (Wildman–Crippen LogP) is 0.869. The van der Waals surface area contributed by atoms with E-state index in [1.165, 1.54) is 10.9 Å². The number of nitrogens with one attached hydrogen (secondary N) is 2. The molecule has 2 N–H and O–H groups in total. The molecular weight excluding hydrogens is 206 g/mol. The monoisotopic (exact) mass is 217 g/mol. The van der Waals surface area contributed by atoms with Gasteiger partial charge in [0.1, 0.15) is 0 Å². The largest absolute Gasteiger partial charge is 0.344 e. The van der Waals surface area contributed by atoms with Crippen LogP contribution in [0.5, 0.6) is 0 Å². The van der Waals surface area contributed by atoms with Gasteiger partial charge in [-0.05, 0) is 19.1 Å². The SMILES string of the molecule is Cc1c[nH]c(=O)n1NC(=O)c1ccccc1. The highest BCUT2D eigenvalue weighted by molar-refractivity contribution is 5.99. The molecule has 0 aliphatic carbocycles. The Morgan fingerprint density at radius 1 is 1.31 bits per heavy atom. The number of rotatable bonds is 2. The Morgan fingerprint density at radius 2 is 2.00 bits per heavy atom. The second-order valence-electron chi connectivity index (χ2n) is 3.38. The number of nitrogens with zero attached hydrogens (tertiary/aromatic N) is 1. The molecule has 0 spiro atoms. The van der Waals surface area contributed by atoms with E-state index < -0.39 is 0 Å². The van der Waals surface area contributed by atoms with Gasteiger partial charge in [-0.3, -0.25) is 10.2 Å². The van der Waals surface area contributed by atoms with Gasteiger partial charge in [-0.15, -0.1) is 0 Å². The van der Waals surface area contributed by atoms with Crippen molar-refractivity contribution in [3.8, 4) is 0 Å². The minimum Gasteiger partial charge on any atom is -0.311 e. The van der Waals surface area contributed by atoms with Gasteiger partial charge in [0.15, 0.2) is 0 Å². The molecule has 16 heavy (non-hydrogen) atoms. The van der Waals surface area contributed by atoms with Gasteiger partial charge in [-0.2, -0.15) is 0 Å². The number of imidazole rings is 1. The summed E-state index contributed by atoms with van der Waals surface area (Å²) in [4.78, 5) is 25.5. The molecule has 0 radical (unpaired) electrons. The molecular formula is C11H11N3O2. The quantitative estimate of drug-likeness (QED) is 0.783. The van der Waals surface area contributed by atoms with Crippen molar-refractivity contribution in [1.82, 2.24) is 9.66 Å². The van der Waals surface area contributed by atoms with E-state index in [9.17, 15) is 9.59 Å². The van der Waals surface area contributed by atoms with E-state index in [-0.39, 0.29) is 11.6 Å². The summed E-state index contributed by atoms with van der Waals surface area (Å²) >= 11 is 0. The third-order valence-electron chi connectivity index (χ3n) is 2.21. The summed E-state index contributed by atoms with van der Waals surface area (Å²) in [6, 6.07) is 8.72. The third-order valence-corrected chi connectivity index (χ3v) is 2.21. The van der Waals surface area contributed by atoms with Gasteiger partial charge in [0.05, 0.1) is 5.69 Å². The van der Waals surface area contributed by atoms with Crippen LogP contribution in [0.2, 0.25) is 0 Å². The Labute approximate surface area is 91.7 Å². The summed E-state index contributed by atoms with van der Waals surface area (Å²) in [5.74, 6) is -0.314. The first kappa shape index (κ1) is 10.2. The molecule has 5 nitrogen and oxygen atoms in total. The number of aryl methyl sites for hydroxylation is 1. The zero-order chi connectivity index (χ0) is 11.5. The first-order valence-corrected chi connectivity index (χ1v) is 4.82. The zero-order valence-corrected chi connectivity index (χ0v) is 8.73. The van der Waals surface area contributed by atoms with Gasteiger partial charge in [-0.1, -0.05) is 18.2 Å². The Kier molecular flexibility index (Phi) is 2.59. The van der Waals surface area contributed by atoms with Crippen molar-refractivity contribution in [2.24, 2.45) is 0 Å². The van der Waals surface area contributed by atoms with E-state index in [1.807, 2.05) is 6.07 Å². The highest BCUT2D eigenvalue weighted by atomic mass is 16.2. The van der Waals surface area contributed by atoms with Crippen LogP contribution in [0.1, 0.15) is 16.1 Å². The van der Waals surface area contributed by atoms with Crippen LogP contribution >= 0.6 is 0 Å². The number of hydrogen-bond acceptors (Lipinski definition) is 2. The summed E-state index contributed by atoms with van der Waals surface area (Å²) in [5.41, 5.74) is 3.31. The van der Waals surface area contributed by atoms with Crippen LogP contribution in [-0.2, 0) is 0 Å². The molecule has 0 fully saturated rings. The second kappa shape index (κ2) is 4.06. The number of carbonyl (C=O) groups excluding carboxylic acids is 1. The van der Waals surface area contributed by atoms with Crippen molar-refractivity contribution in [3.05, 3.63) is 58.3 Å². The van der Waals surface area contributed by atoms with Crippen molar-refractivity contribution in [3.63, 3.8) is 0 Å². The van der Waals surface area contributed by atoms with Gasteiger partial charge in [-0.25, -0.2) is 9.47 Å². The molecule has 1 heterocycles. The fourth-order valence-corrected chi connectivity index (χ4v) is 1.35. The van der Waals surface area contributed by atoms with Crippen LogP contribution in [0.3, 0.4) is 0 Å². The number of H-pyrrole nitrogens is 1. The lowest BCUT2D eigenvalue weighted by Crippen LogP contribution is -2.32. The summed E-state index contributed by atoms with van der Waals surface area (Å²) in [6.07, 6.45) is 1.54. The van der Waals surface area contributed by atoms with Crippen molar-refractivity contribution in [2.45, 2.75) is 6.92 Å². The van der Waals surface area contributed by atoms with E-state index in [4.69, 9.17) is 0 Å². The lowest BCUT2D eigenvalue weighted by Gasteiger charge is -2.06. The summed E-state index contributed by atoms with van der Waals surface area (Å²) in [6.45, 7) is 1.73. The van der Waals surface area contributed by atoms with Crippen LogP contribution in [0, 0.1) is 6.92 Å². The van der Waals surface area contributed by atoms with Crippen molar-refractivity contribution >= 4 is 5.91 Å². The lowest BCUT2D eigenvalue weighted by molar-refractivity contribution is 0.101. The first-order valence-electron chi connectivity index (χ1n) is 4.82. The molecule has 0 unspecified atom stereocenters. The molecule has 5 heteroatoms. The third kappa shape index (κ3) is 1.88. The molecule has 0 atom stereocenters. The van der Waals surface area contributed by atoms with Crippen molar-refractivity contribution < 1.29 is 4.79 Å². The second-order valence-corrected chi connectivity index (χ2v) is 3.38.